The molecule has 1 aromatic heterocycles. The van der Waals surface area contributed by atoms with Gasteiger partial charge in [0.2, 0.25) is 11.9 Å². The molecule has 2 aliphatic heterocycles. The molecule has 0 bridgehead atoms. The quantitative estimate of drug-likeness (QED) is 0.870. The van der Waals surface area contributed by atoms with Crippen molar-refractivity contribution in [2.24, 2.45) is 0 Å². The lowest BCUT2D eigenvalue weighted by Gasteiger charge is -2.33. The highest BCUT2D eigenvalue weighted by molar-refractivity contribution is 5.79. The second-order valence-corrected chi connectivity index (χ2v) is 7.21. The Morgan fingerprint density at radius 2 is 2.25 bits per heavy atom. The number of hydrogen-bond donors (Lipinski definition) is 1. The number of fused-ring (bicyclic) bond motifs is 1. The minimum atomic E-state index is -0.576. The van der Waals surface area contributed by atoms with Crippen molar-refractivity contribution in [1.29, 1.82) is 0 Å². The van der Waals surface area contributed by atoms with Gasteiger partial charge in [-0.25, -0.2) is 18.7 Å². The molecular formula is C20H22F2N4O2. The van der Waals surface area contributed by atoms with Crippen LogP contribution in [0.25, 0.3) is 0 Å². The molecule has 0 radical (unpaired) electrons. The number of nitrogens with one attached hydrogen (secondary N) is 1. The number of aromatic nitrogens is 2. The summed E-state index contributed by atoms with van der Waals surface area (Å²) in [6.45, 7) is 2.62. The smallest absolute Gasteiger partial charge is 0.225 e. The zero-order valence-electron chi connectivity index (χ0n) is 15.5. The SMILES string of the molecule is O=C(Cc1cc(F)ccc1F)NC1CCCN(c2ncc3c(n2)CCOC3)C1. The van der Waals surface area contributed by atoms with Crippen molar-refractivity contribution in [3.8, 4) is 0 Å². The summed E-state index contributed by atoms with van der Waals surface area (Å²) in [6, 6.07) is 3.06. The number of hydrogen-bond acceptors (Lipinski definition) is 5. The molecule has 148 valence electrons. The molecule has 8 heteroatoms. The van der Waals surface area contributed by atoms with Gasteiger partial charge in [0.05, 0.1) is 25.3 Å². The highest BCUT2D eigenvalue weighted by Crippen LogP contribution is 2.20. The molecule has 1 atom stereocenters. The molecule has 2 aromatic rings. The van der Waals surface area contributed by atoms with Crippen LogP contribution in [0.1, 0.15) is 29.7 Å². The molecule has 1 unspecified atom stereocenters. The first-order chi connectivity index (χ1) is 13.6. The first-order valence-corrected chi connectivity index (χ1v) is 9.49. The molecular weight excluding hydrogens is 366 g/mol. The van der Waals surface area contributed by atoms with Crippen molar-refractivity contribution in [3.05, 3.63) is 52.9 Å². The molecule has 0 aliphatic carbocycles. The van der Waals surface area contributed by atoms with Gasteiger partial charge in [-0.3, -0.25) is 4.79 Å². The zero-order valence-corrected chi connectivity index (χ0v) is 15.5. The molecule has 0 spiro atoms. The van der Waals surface area contributed by atoms with Crippen molar-refractivity contribution < 1.29 is 18.3 Å². The standard InChI is InChI=1S/C20H22F2N4O2/c21-15-3-4-17(22)13(8-15)9-19(27)24-16-2-1-6-26(11-16)20-23-10-14-12-28-7-5-18(14)25-20/h3-4,8,10,16H,1-2,5-7,9,11-12H2,(H,24,27). The minimum Gasteiger partial charge on any atom is -0.376 e. The predicted molar refractivity (Wildman–Crippen MR) is 98.8 cm³/mol. The number of carbonyl (C=O) groups excluding carboxylic acids is 1. The van der Waals surface area contributed by atoms with E-state index in [1.807, 2.05) is 6.20 Å². The number of benzene rings is 1. The van der Waals surface area contributed by atoms with E-state index < -0.39 is 11.6 Å². The summed E-state index contributed by atoms with van der Waals surface area (Å²) in [5, 5.41) is 2.93. The van der Waals surface area contributed by atoms with Crippen LogP contribution in [0, 0.1) is 11.6 Å². The van der Waals surface area contributed by atoms with E-state index in [0.29, 0.717) is 25.7 Å². The second-order valence-electron chi connectivity index (χ2n) is 7.21. The van der Waals surface area contributed by atoms with Crippen molar-refractivity contribution in [3.63, 3.8) is 0 Å². The van der Waals surface area contributed by atoms with E-state index in [4.69, 9.17) is 4.74 Å². The van der Waals surface area contributed by atoms with E-state index in [0.717, 1.165) is 55.3 Å². The molecule has 1 aromatic carbocycles. The number of piperidine rings is 1. The van der Waals surface area contributed by atoms with E-state index in [2.05, 4.69) is 20.2 Å². The maximum atomic E-state index is 13.7. The third kappa shape index (κ3) is 4.27. The van der Waals surface area contributed by atoms with Crippen LogP contribution in [0.2, 0.25) is 0 Å². The predicted octanol–water partition coefficient (Wildman–Crippen LogP) is 2.16. The fourth-order valence-electron chi connectivity index (χ4n) is 3.68. The van der Waals surface area contributed by atoms with Crippen LogP contribution in [-0.4, -0.2) is 41.6 Å². The van der Waals surface area contributed by atoms with Crippen molar-refractivity contribution in [2.45, 2.75) is 38.3 Å². The van der Waals surface area contributed by atoms with E-state index >= 15 is 0 Å². The third-order valence-electron chi connectivity index (χ3n) is 5.11. The summed E-state index contributed by atoms with van der Waals surface area (Å²) < 4.78 is 32.5. The fourth-order valence-corrected chi connectivity index (χ4v) is 3.68. The molecule has 1 N–H and O–H groups in total. The van der Waals surface area contributed by atoms with E-state index in [-0.39, 0.29) is 23.9 Å². The van der Waals surface area contributed by atoms with Gasteiger partial charge in [0, 0.05) is 42.9 Å². The first kappa shape index (κ1) is 18.7. The number of ether oxygens (including phenoxy) is 1. The number of carbonyl (C=O) groups is 1. The minimum absolute atomic E-state index is 0.0606. The number of anilines is 1. The average Bonchev–Trinajstić information content (AvgIpc) is 2.70. The molecule has 1 amide bonds. The van der Waals surface area contributed by atoms with Gasteiger partial charge in [-0.2, -0.15) is 0 Å². The maximum Gasteiger partial charge on any atom is 0.225 e. The molecule has 6 nitrogen and oxygen atoms in total. The maximum absolute atomic E-state index is 13.7. The summed E-state index contributed by atoms with van der Waals surface area (Å²) in [5.74, 6) is -0.785. The molecule has 0 saturated carbocycles. The van der Waals surface area contributed by atoms with Crippen molar-refractivity contribution in [2.75, 3.05) is 24.6 Å². The Bertz CT molecular complexity index is 877. The van der Waals surface area contributed by atoms with Gasteiger partial charge >= 0.3 is 0 Å². The molecule has 1 saturated heterocycles. The summed E-state index contributed by atoms with van der Waals surface area (Å²) in [6.07, 6.45) is 4.12. The lowest BCUT2D eigenvalue weighted by Crippen LogP contribution is -2.48. The summed E-state index contributed by atoms with van der Waals surface area (Å²) in [5.41, 5.74) is 2.10. The van der Waals surface area contributed by atoms with Crippen LogP contribution in [-0.2, 0) is 29.0 Å². The summed E-state index contributed by atoms with van der Waals surface area (Å²) >= 11 is 0. The Morgan fingerprint density at radius 3 is 3.14 bits per heavy atom. The van der Waals surface area contributed by atoms with E-state index in [9.17, 15) is 13.6 Å². The van der Waals surface area contributed by atoms with Crippen LogP contribution in [0.5, 0.6) is 0 Å². The topological polar surface area (TPSA) is 67.4 Å². The average molecular weight is 388 g/mol. The fraction of sp³-hybridized carbons (Fsp3) is 0.450. The van der Waals surface area contributed by atoms with Crippen molar-refractivity contribution in [1.82, 2.24) is 15.3 Å². The van der Waals surface area contributed by atoms with Gasteiger partial charge in [0.15, 0.2) is 0 Å². The van der Waals surface area contributed by atoms with E-state index in [1.165, 1.54) is 0 Å². The number of amides is 1. The molecule has 3 heterocycles. The largest absolute Gasteiger partial charge is 0.376 e. The lowest BCUT2D eigenvalue weighted by atomic mass is 10.0. The van der Waals surface area contributed by atoms with Crippen LogP contribution in [0.3, 0.4) is 0 Å². The monoisotopic (exact) mass is 388 g/mol. The van der Waals surface area contributed by atoms with Crippen LogP contribution in [0.15, 0.2) is 24.4 Å². The van der Waals surface area contributed by atoms with Gasteiger partial charge in [0.25, 0.3) is 0 Å². The number of halogens is 2. The Hall–Kier alpha value is -2.61. The van der Waals surface area contributed by atoms with Gasteiger partial charge < -0.3 is 15.0 Å². The number of rotatable bonds is 4. The summed E-state index contributed by atoms with van der Waals surface area (Å²) in [4.78, 5) is 23.5. The Balaban J connectivity index is 1.38. The number of nitrogens with zero attached hydrogens (tertiary/aromatic N) is 3. The second kappa shape index (κ2) is 8.18. The Morgan fingerprint density at radius 1 is 1.36 bits per heavy atom. The Labute approximate surface area is 161 Å². The van der Waals surface area contributed by atoms with E-state index in [1.54, 1.807) is 0 Å². The third-order valence-corrected chi connectivity index (χ3v) is 5.11. The molecule has 1 fully saturated rings. The lowest BCUT2D eigenvalue weighted by molar-refractivity contribution is -0.121. The normalized spacial score (nSPS) is 19.2. The molecule has 28 heavy (non-hydrogen) atoms. The molecule has 4 rings (SSSR count). The molecule has 2 aliphatic rings. The summed E-state index contributed by atoms with van der Waals surface area (Å²) in [7, 11) is 0. The highest BCUT2D eigenvalue weighted by Gasteiger charge is 2.24. The van der Waals surface area contributed by atoms with Gasteiger partial charge in [0.1, 0.15) is 11.6 Å². The van der Waals surface area contributed by atoms with Gasteiger partial charge in [-0.1, -0.05) is 0 Å². The van der Waals surface area contributed by atoms with Gasteiger partial charge in [-0.05, 0) is 31.0 Å². The zero-order chi connectivity index (χ0) is 19.5. The first-order valence-electron chi connectivity index (χ1n) is 9.49. The van der Waals surface area contributed by atoms with Crippen LogP contribution >= 0.6 is 0 Å². The van der Waals surface area contributed by atoms with Crippen molar-refractivity contribution >= 4 is 11.9 Å². The van der Waals surface area contributed by atoms with Crippen LogP contribution in [0.4, 0.5) is 14.7 Å². The Kier molecular flexibility index (Phi) is 5.47. The van der Waals surface area contributed by atoms with Gasteiger partial charge in [-0.15, -0.1) is 0 Å². The van der Waals surface area contributed by atoms with Crippen LogP contribution < -0.4 is 10.2 Å². The highest BCUT2D eigenvalue weighted by atomic mass is 19.1.